The number of aromatic hydroxyl groups is 1. The van der Waals surface area contributed by atoms with Gasteiger partial charge in [0.1, 0.15) is 17.4 Å². The third-order valence-corrected chi connectivity index (χ3v) is 4.48. The number of nitrogens with one attached hydrogen (secondary N) is 3. The predicted octanol–water partition coefficient (Wildman–Crippen LogP) is 0.825. The molecule has 2 atom stereocenters. The van der Waals surface area contributed by atoms with Crippen molar-refractivity contribution in [2.24, 2.45) is 0 Å². The van der Waals surface area contributed by atoms with E-state index in [1.54, 1.807) is 18.2 Å². The van der Waals surface area contributed by atoms with Crippen molar-refractivity contribution in [3.8, 4) is 5.75 Å². The van der Waals surface area contributed by atoms with Gasteiger partial charge in [-0.15, -0.1) is 0 Å². The zero-order valence-electron chi connectivity index (χ0n) is 13.3. The fraction of sp³-hybridized carbons (Fsp3) is 0.562. The molecule has 0 saturated heterocycles. The molecule has 4 N–H and O–H groups in total. The average Bonchev–Trinajstić information content (AvgIpc) is 2.54. The number of phenols is 1. The van der Waals surface area contributed by atoms with Crippen LogP contribution in [-0.4, -0.2) is 50.0 Å². The maximum atomic E-state index is 12.3. The van der Waals surface area contributed by atoms with Crippen molar-refractivity contribution < 1.29 is 14.6 Å². The molecular formula is C16H25N3O3. The number of hydrogen-bond donors (Lipinski definition) is 4. The molecule has 6 heteroatoms. The molecule has 1 aliphatic carbocycles. The third-order valence-electron chi connectivity index (χ3n) is 4.48. The smallest absolute Gasteiger partial charge is 0.342 e. The van der Waals surface area contributed by atoms with Gasteiger partial charge in [-0.05, 0) is 46.1 Å². The molecule has 1 aromatic carbocycles. The highest BCUT2D eigenvalue weighted by Crippen LogP contribution is 2.29. The van der Waals surface area contributed by atoms with E-state index in [0.29, 0.717) is 6.42 Å². The average molecular weight is 307 g/mol. The van der Waals surface area contributed by atoms with Crippen molar-refractivity contribution in [2.45, 2.75) is 37.1 Å². The summed E-state index contributed by atoms with van der Waals surface area (Å²) in [6, 6.07) is 6.69. The van der Waals surface area contributed by atoms with Crippen LogP contribution in [0.15, 0.2) is 24.3 Å². The number of carbonyl (C=O) groups excluding carboxylic acids is 1. The fourth-order valence-electron chi connectivity index (χ4n) is 3.08. The normalized spacial score (nSPS) is 24.0. The van der Waals surface area contributed by atoms with Crippen LogP contribution in [0.1, 0.15) is 29.6 Å². The maximum absolute atomic E-state index is 12.3. The maximum Gasteiger partial charge on any atom is 0.342 e. The number of esters is 1. The molecule has 0 bridgehead atoms. The second-order valence-corrected chi connectivity index (χ2v) is 5.76. The van der Waals surface area contributed by atoms with Gasteiger partial charge in [-0.1, -0.05) is 12.1 Å². The number of hydrogen-bond acceptors (Lipinski definition) is 6. The highest BCUT2D eigenvalue weighted by molar-refractivity contribution is 5.92. The first kappa shape index (κ1) is 16.7. The van der Waals surface area contributed by atoms with Gasteiger partial charge in [-0.2, -0.15) is 0 Å². The summed E-state index contributed by atoms with van der Waals surface area (Å²) in [4.78, 5) is 12.3. The van der Waals surface area contributed by atoms with E-state index in [1.807, 2.05) is 21.1 Å². The van der Waals surface area contributed by atoms with Crippen molar-refractivity contribution in [3.63, 3.8) is 0 Å². The van der Waals surface area contributed by atoms with E-state index in [1.165, 1.54) is 6.07 Å². The molecular weight excluding hydrogens is 282 g/mol. The highest BCUT2D eigenvalue weighted by Gasteiger charge is 2.40. The minimum Gasteiger partial charge on any atom is -0.507 e. The standard InChI is InChI=1S/C16H25N3O3/c1-17-11-8-12(10-16(9-11,18-2)19-3)22-15(21)13-6-4-5-7-14(13)20/h4-7,11-12,17-20H,8-10H2,1-3H3. The molecule has 0 heterocycles. The Morgan fingerprint density at radius 2 is 1.91 bits per heavy atom. The van der Waals surface area contributed by atoms with Crippen LogP contribution >= 0.6 is 0 Å². The van der Waals surface area contributed by atoms with Gasteiger partial charge in [0.2, 0.25) is 0 Å². The van der Waals surface area contributed by atoms with Crippen molar-refractivity contribution in [3.05, 3.63) is 29.8 Å². The van der Waals surface area contributed by atoms with Crippen molar-refractivity contribution in [1.29, 1.82) is 0 Å². The van der Waals surface area contributed by atoms with E-state index in [2.05, 4.69) is 16.0 Å². The molecule has 0 aromatic heterocycles. The summed E-state index contributed by atoms with van der Waals surface area (Å²) in [6.07, 6.45) is 2.11. The van der Waals surface area contributed by atoms with Gasteiger partial charge in [-0.3, -0.25) is 0 Å². The van der Waals surface area contributed by atoms with Crippen LogP contribution in [-0.2, 0) is 4.74 Å². The largest absolute Gasteiger partial charge is 0.507 e. The number of phenolic OH excluding ortho intramolecular Hbond substituents is 1. The Bertz CT molecular complexity index is 517. The highest BCUT2D eigenvalue weighted by atomic mass is 16.5. The first-order valence-corrected chi connectivity index (χ1v) is 7.57. The number of ether oxygens (including phenoxy) is 1. The molecule has 0 radical (unpaired) electrons. The Labute approximate surface area is 131 Å². The minimum atomic E-state index is -0.485. The zero-order valence-corrected chi connectivity index (χ0v) is 13.3. The van der Waals surface area contributed by atoms with Gasteiger partial charge in [0, 0.05) is 12.5 Å². The van der Waals surface area contributed by atoms with E-state index in [0.717, 1.165) is 12.8 Å². The summed E-state index contributed by atoms with van der Waals surface area (Å²) < 4.78 is 5.63. The van der Waals surface area contributed by atoms with Gasteiger partial charge in [-0.25, -0.2) is 4.79 Å². The van der Waals surface area contributed by atoms with Crippen LogP contribution in [0.25, 0.3) is 0 Å². The Morgan fingerprint density at radius 3 is 2.50 bits per heavy atom. The van der Waals surface area contributed by atoms with Crippen molar-refractivity contribution in [1.82, 2.24) is 16.0 Å². The third kappa shape index (κ3) is 3.58. The van der Waals surface area contributed by atoms with Crippen LogP contribution in [0.2, 0.25) is 0 Å². The van der Waals surface area contributed by atoms with Gasteiger partial charge < -0.3 is 25.8 Å². The van der Waals surface area contributed by atoms with E-state index in [-0.39, 0.29) is 29.1 Å². The molecule has 1 saturated carbocycles. The van der Waals surface area contributed by atoms with Crippen molar-refractivity contribution >= 4 is 5.97 Å². The number of benzene rings is 1. The molecule has 6 nitrogen and oxygen atoms in total. The number of para-hydroxylation sites is 1. The Morgan fingerprint density at radius 1 is 1.23 bits per heavy atom. The first-order valence-electron chi connectivity index (χ1n) is 7.57. The van der Waals surface area contributed by atoms with E-state index in [9.17, 15) is 9.90 Å². The van der Waals surface area contributed by atoms with E-state index in [4.69, 9.17) is 4.74 Å². The summed E-state index contributed by atoms with van der Waals surface area (Å²) in [7, 11) is 5.71. The number of carbonyl (C=O) groups is 1. The van der Waals surface area contributed by atoms with Gasteiger partial charge >= 0.3 is 5.97 Å². The van der Waals surface area contributed by atoms with Crippen LogP contribution in [0.3, 0.4) is 0 Å². The van der Waals surface area contributed by atoms with Crippen LogP contribution in [0, 0.1) is 0 Å². The lowest BCUT2D eigenvalue weighted by molar-refractivity contribution is -0.00329. The molecule has 122 valence electrons. The second-order valence-electron chi connectivity index (χ2n) is 5.76. The Hall–Kier alpha value is -1.63. The van der Waals surface area contributed by atoms with E-state index < -0.39 is 5.97 Å². The summed E-state index contributed by atoms with van der Waals surface area (Å²) >= 11 is 0. The summed E-state index contributed by atoms with van der Waals surface area (Å²) in [5, 5.41) is 19.6. The van der Waals surface area contributed by atoms with Crippen LogP contribution < -0.4 is 16.0 Å². The molecule has 2 rings (SSSR count). The monoisotopic (exact) mass is 307 g/mol. The molecule has 1 aliphatic rings. The quantitative estimate of drug-likeness (QED) is 0.476. The molecule has 1 aromatic rings. The SMILES string of the molecule is CNC1CC(OC(=O)c2ccccc2O)CC(NC)(NC)C1. The summed E-state index contributed by atoms with van der Waals surface area (Å²) in [5.74, 6) is -0.539. The fourth-order valence-corrected chi connectivity index (χ4v) is 3.08. The van der Waals surface area contributed by atoms with Gasteiger partial charge in [0.25, 0.3) is 0 Å². The molecule has 0 aliphatic heterocycles. The molecule has 0 spiro atoms. The second kappa shape index (κ2) is 7.09. The van der Waals surface area contributed by atoms with Crippen LogP contribution in [0.5, 0.6) is 5.75 Å². The molecule has 0 amide bonds. The predicted molar refractivity (Wildman–Crippen MR) is 84.9 cm³/mol. The first-order chi connectivity index (χ1) is 10.5. The van der Waals surface area contributed by atoms with Gasteiger partial charge in [0.05, 0.1) is 5.66 Å². The lowest BCUT2D eigenvalue weighted by Gasteiger charge is -2.43. The molecule has 1 fully saturated rings. The lowest BCUT2D eigenvalue weighted by Crippen LogP contribution is -2.62. The van der Waals surface area contributed by atoms with Crippen LogP contribution in [0.4, 0.5) is 0 Å². The lowest BCUT2D eigenvalue weighted by atomic mass is 9.83. The summed E-state index contributed by atoms with van der Waals surface area (Å²) in [5.41, 5.74) is -0.0658. The van der Waals surface area contributed by atoms with Crippen molar-refractivity contribution in [2.75, 3.05) is 21.1 Å². The molecule has 22 heavy (non-hydrogen) atoms. The van der Waals surface area contributed by atoms with E-state index >= 15 is 0 Å². The summed E-state index contributed by atoms with van der Waals surface area (Å²) in [6.45, 7) is 0. The zero-order chi connectivity index (χ0) is 16.2. The Kier molecular flexibility index (Phi) is 5.39. The molecule has 2 unspecified atom stereocenters. The Balaban J connectivity index is 2.11. The van der Waals surface area contributed by atoms with Gasteiger partial charge in [0.15, 0.2) is 0 Å². The minimum absolute atomic E-state index is 0.0537. The number of rotatable bonds is 5. The topological polar surface area (TPSA) is 82.6 Å².